The molecule has 156 valence electrons. The Kier molecular flexibility index (Phi) is 5.71. The number of carbonyl (C=O) groups is 3. The Morgan fingerprint density at radius 2 is 1.80 bits per heavy atom. The average Bonchev–Trinajstić information content (AvgIpc) is 3.29. The maximum Gasteiger partial charge on any atom is 0.232 e. The molecular formula is C25H28N2O3. The van der Waals surface area contributed by atoms with Crippen LogP contribution in [0.4, 0.5) is 0 Å². The summed E-state index contributed by atoms with van der Waals surface area (Å²) in [4.78, 5) is 40.2. The van der Waals surface area contributed by atoms with E-state index in [0.717, 1.165) is 42.5 Å². The summed E-state index contributed by atoms with van der Waals surface area (Å²) < 4.78 is 0. The summed E-state index contributed by atoms with van der Waals surface area (Å²) in [5.74, 6) is -0.681. The molecule has 2 aromatic carbocycles. The number of amides is 2. The minimum absolute atomic E-state index is 0.0765. The fraction of sp³-hybridized carbons (Fsp3) is 0.400. The smallest absolute Gasteiger partial charge is 0.232 e. The number of ketones is 1. The minimum Gasteiger partial charge on any atom is -0.342 e. The molecule has 2 amide bonds. The van der Waals surface area contributed by atoms with Crippen LogP contribution in [-0.4, -0.2) is 35.6 Å². The Balaban J connectivity index is 1.69. The van der Waals surface area contributed by atoms with Gasteiger partial charge in [-0.2, -0.15) is 0 Å². The van der Waals surface area contributed by atoms with Gasteiger partial charge < -0.3 is 10.2 Å². The van der Waals surface area contributed by atoms with E-state index in [-0.39, 0.29) is 17.6 Å². The molecule has 0 spiro atoms. The normalized spacial score (nSPS) is 23.8. The molecule has 0 aromatic heterocycles. The molecule has 2 atom stereocenters. The number of carbonyl (C=O) groups excluding carboxylic acids is 3. The van der Waals surface area contributed by atoms with E-state index in [2.05, 4.69) is 5.32 Å². The van der Waals surface area contributed by atoms with Crippen molar-refractivity contribution >= 4 is 17.6 Å². The molecule has 2 unspecified atom stereocenters. The lowest BCUT2D eigenvalue weighted by Crippen LogP contribution is -2.44. The number of hydrogen-bond acceptors (Lipinski definition) is 3. The van der Waals surface area contributed by atoms with Crippen LogP contribution in [0.15, 0.2) is 54.6 Å². The van der Waals surface area contributed by atoms with Crippen molar-refractivity contribution in [2.24, 2.45) is 5.92 Å². The van der Waals surface area contributed by atoms with Crippen LogP contribution in [0.3, 0.4) is 0 Å². The van der Waals surface area contributed by atoms with Crippen molar-refractivity contribution in [3.05, 3.63) is 71.3 Å². The SMILES string of the molecule is CCCC1C(=O)NC(c2ccccc2)(c2cccc(CCN3CCCC3=O)c2)C1=O. The van der Waals surface area contributed by atoms with E-state index < -0.39 is 11.5 Å². The van der Waals surface area contributed by atoms with Gasteiger partial charge >= 0.3 is 0 Å². The molecular weight excluding hydrogens is 376 g/mol. The molecule has 1 N–H and O–H groups in total. The van der Waals surface area contributed by atoms with Gasteiger partial charge in [0.25, 0.3) is 0 Å². The van der Waals surface area contributed by atoms with Crippen LogP contribution >= 0.6 is 0 Å². The highest BCUT2D eigenvalue weighted by molar-refractivity contribution is 6.15. The molecule has 0 aliphatic carbocycles. The average molecular weight is 405 g/mol. The second-order valence-corrected chi connectivity index (χ2v) is 8.25. The Bertz CT molecular complexity index is 956. The van der Waals surface area contributed by atoms with Crippen LogP contribution in [0.1, 0.15) is 49.3 Å². The molecule has 2 aliphatic rings. The first-order chi connectivity index (χ1) is 14.6. The summed E-state index contributed by atoms with van der Waals surface area (Å²) in [6, 6.07) is 17.4. The van der Waals surface area contributed by atoms with Crippen molar-refractivity contribution in [2.75, 3.05) is 13.1 Å². The predicted molar refractivity (Wildman–Crippen MR) is 115 cm³/mol. The highest BCUT2D eigenvalue weighted by atomic mass is 16.2. The number of nitrogens with zero attached hydrogens (tertiary/aromatic N) is 1. The lowest BCUT2D eigenvalue weighted by Gasteiger charge is -2.29. The van der Waals surface area contributed by atoms with Crippen molar-refractivity contribution in [3.8, 4) is 0 Å². The van der Waals surface area contributed by atoms with Gasteiger partial charge in [-0.1, -0.05) is 67.9 Å². The van der Waals surface area contributed by atoms with Crippen LogP contribution in [-0.2, 0) is 26.3 Å². The Morgan fingerprint density at radius 1 is 1.03 bits per heavy atom. The van der Waals surface area contributed by atoms with Gasteiger partial charge in [0, 0.05) is 19.5 Å². The first-order valence-electron chi connectivity index (χ1n) is 10.9. The van der Waals surface area contributed by atoms with Crippen molar-refractivity contribution < 1.29 is 14.4 Å². The summed E-state index contributed by atoms with van der Waals surface area (Å²) in [7, 11) is 0. The summed E-state index contributed by atoms with van der Waals surface area (Å²) in [5.41, 5.74) is 1.48. The molecule has 4 rings (SSSR count). The third kappa shape index (κ3) is 3.53. The zero-order chi connectivity index (χ0) is 21.1. The van der Waals surface area contributed by atoms with Crippen LogP contribution in [0, 0.1) is 5.92 Å². The topological polar surface area (TPSA) is 66.5 Å². The maximum absolute atomic E-state index is 13.6. The molecule has 5 nitrogen and oxygen atoms in total. The maximum atomic E-state index is 13.6. The quantitative estimate of drug-likeness (QED) is 0.721. The fourth-order valence-electron chi connectivity index (χ4n) is 4.71. The van der Waals surface area contributed by atoms with Crippen LogP contribution in [0.5, 0.6) is 0 Å². The largest absolute Gasteiger partial charge is 0.342 e. The van der Waals surface area contributed by atoms with Gasteiger partial charge in [0.2, 0.25) is 11.8 Å². The summed E-state index contributed by atoms with van der Waals surface area (Å²) in [6.45, 7) is 3.49. The summed E-state index contributed by atoms with van der Waals surface area (Å²) in [6.07, 6.45) is 3.62. The number of rotatable bonds is 7. The van der Waals surface area contributed by atoms with Gasteiger partial charge in [0.1, 0.15) is 0 Å². The number of benzene rings is 2. The minimum atomic E-state index is -1.16. The molecule has 2 heterocycles. The molecule has 2 aromatic rings. The van der Waals surface area contributed by atoms with E-state index in [1.54, 1.807) is 0 Å². The molecule has 2 aliphatic heterocycles. The van der Waals surface area contributed by atoms with Gasteiger partial charge in [-0.15, -0.1) is 0 Å². The molecule has 0 bridgehead atoms. The number of likely N-dealkylation sites (tertiary alicyclic amines) is 1. The Morgan fingerprint density at radius 3 is 2.50 bits per heavy atom. The molecule has 5 heteroatoms. The lowest BCUT2D eigenvalue weighted by molar-refractivity contribution is -0.129. The monoisotopic (exact) mass is 404 g/mol. The van der Waals surface area contributed by atoms with Crippen molar-refractivity contribution in [1.29, 1.82) is 0 Å². The van der Waals surface area contributed by atoms with Gasteiger partial charge in [-0.3, -0.25) is 14.4 Å². The highest BCUT2D eigenvalue weighted by Gasteiger charge is 2.54. The molecule has 2 saturated heterocycles. The third-order valence-electron chi connectivity index (χ3n) is 6.30. The highest BCUT2D eigenvalue weighted by Crippen LogP contribution is 2.39. The third-order valence-corrected chi connectivity index (χ3v) is 6.30. The van der Waals surface area contributed by atoms with Crippen LogP contribution in [0.25, 0.3) is 0 Å². The molecule has 0 radical (unpaired) electrons. The zero-order valence-corrected chi connectivity index (χ0v) is 17.4. The van der Waals surface area contributed by atoms with Gasteiger partial charge in [0.15, 0.2) is 11.3 Å². The molecule has 0 saturated carbocycles. The lowest BCUT2D eigenvalue weighted by atomic mass is 9.77. The van der Waals surface area contributed by atoms with E-state index in [0.29, 0.717) is 19.4 Å². The van der Waals surface area contributed by atoms with E-state index in [1.807, 2.05) is 66.4 Å². The van der Waals surface area contributed by atoms with E-state index >= 15 is 0 Å². The molecule has 2 fully saturated rings. The van der Waals surface area contributed by atoms with E-state index in [1.165, 1.54) is 0 Å². The molecule has 30 heavy (non-hydrogen) atoms. The number of Topliss-reactive ketones (excluding diaryl/α,β-unsaturated/α-hetero) is 1. The van der Waals surface area contributed by atoms with Crippen molar-refractivity contribution in [2.45, 2.75) is 44.6 Å². The second kappa shape index (κ2) is 8.42. The van der Waals surface area contributed by atoms with Gasteiger partial charge in [-0.25, -0.2) is 0 Å². The van der Waals surface area contributed by atoms with E-state index in [9.17, 15) is 14.4 Å². The van der Waals surface area contributed by atoms with Gasteiger partial charge in [0.05, 0.1) is 5.92 Å². The van der Waals surface area contributed by atoms with E-state index in [4.69, 9.17) is 0 Å². The Hall–Kier alpha value is -2.95. The van der Waals surface area contributed by atoms with Crippen LogP contribution < -0.4 is 5.32 Å². The summed E-state index contributed by atoms with van der Waals surface area (Å²) >= 11 is 0. The Labute approximate surface area is 177 Å². The zero-order valence-electron chi connectivity index (χ0n) is 17.4. The standard InChI is InChI=1S/C25H28N2O3/c1-2-8-21-23(29)25(26-24(21)30,19-10-4-3-5-11-19)20-12-6-9-18(17-20)14-16-27-15-7-13-22(27)28/h3-6,9-12,17,21H,2,7-8,13-16H2,1H3,(H,26,30). The number of hydrogen-bond donors (Lipinski definition) is 1. The first-order valence-corrected chi connectivity index (χ1v) is 10.9. The van der Waals surface area contributed by atoms with Gasteiger partial charge in [-0.05, 0) is 36.0 Å². The van der Waals surface area contributed by atoms with Crippen molar-refractivity contribution in [3.63, 3.8) is 0 Å². The first kappa shape index (κ1) is 20.3. The fourth-order valence-corrected chi connectivity index (χ4v) is 4.71. The second-order valence-electron chi connectivity index (χ2n) is 8.25. The van der Waals surface area contributed by atoms with Crippen molar-refractivity contribution in [1.82, 2.24) is 10.2 Å². The number of nitrogens with one attached hydrogen (secondary N) is 1. The predicted octanol–water partition coefficient (Wildman–Crippen LogP) is 3.21. The van der Waals surface area contributed by atoms with Crippen LogP contribution in [0.2, 0.25) is 0 Å². The summed E-state index contributed by atoms with van der Waals surface area (Å²) in [5, 5.41) is 3.06.